The molecule has 0 saturated carbocycles. The largest absolute Gasteiger partial charge is 0.381 e. The summed E-state index contributed by atoms with van der Waals surface area (Å²) in [5.74, 6) is 1.50. The Labute approximate surface area is 137 Å². The summed E-state index contributed by atoms with van der Waals surface area (Å²) in [5, 5.41) is 3.41. The van der Waals surface area contributed by atoms with Crippen LogP contribution in [0.25, 0.3) is 0 Å². The third-order valence-corrected chi connectivity index (χ3v) is 5.36. The number of anilines is 1. The molecule has 3 saturated heterocycles. The molecular weight excluding hydrogens is 292 g/mol. The highest BCUT2D eigenvalue weighted by atomic mass is 16.5. The van der Waals surface area contributed by atoms with Gasteiger partial charge in [-0.15, -0.1) is 0 Å². The molecule has 6 heteroatoms. The van der Waals surface area contributed by atoms with Gasteiger partial charge in [0.2, 0.25) is 5.95 Å². The van der Waals surface area contributed by atoms with Crippen LogP contribution in [-0.2, 0) is 9.47 Å². The summed E-state index contributed by atoms with van der Waals surface area (Å²) in [6, 6.07) is 2.16. The van der Waals surface area contributed by atoms with Crippen molar-refractivity contribution in [3.63, 3.8) is 0 Å². The first kappa shape index (κ1) is 15.3. The summed E-state index contributed by atoms with van der Waals surface area (Å²) in [7, 11) is 0. The third-order valence-electron chi connectivity index (χ3n) is 5.36. The first-order valence-electron chi connectivity index (χ1n) is 8.79. The van der Waals surface area contributed by atoms with Gasteiger partial charge in [-0.2, -0.15) is 0 Å². The van der Waals surface area contributed by atoms with Gasteiger partial charge in [0.1, 0.15) is 0 Å². The SMILES string of the molecule is c1cnc(NC2COC3(CCN(CC4CCOCC4)C3)C2)nc1. The van der Waals surface area contributed by atoms with E-state index < -0.39 is 0 Å². The summed E-state index contributed by atoms with van der Waals surface area (Å²) < 4.78 is 11.7. The van der Waals surface area contributed by atoms with Crippen LogP contribution < -0.4 is 5.32 Å². The molecule has 4 rings (SSSR count). The fourth-order valence-corrected chi connectivity index (χ4v) is 4.16. The number of rotatable bonds is 4. The minimum Gasteiger partial charge on any atom is -0.381 e. The predicted octanol–water partition coefficient (Wildman–Crippen LogP) is 1.55. The van der Waals surface area contributed by atoms with Gasteiger partial charge in [0, 0.05) is 51.7 Å². The second-order valence-electron chi connectivity index (χ2n) is 7.15. The fourth-order valence-electron chi connectivity index (χ4n) is 4.16. The zero-order valence-corrected chi connectivity index (χ0v) is 13.6. The van der Waals surface area contributed by atoms with Crippen molar-refractivity contribution in [1.29, 1.82) is 0 Å². The van der Waals surface area contributed by atoms with Crippen LogP contribution in [0.4, 0.5) is 5.95 Å². The third kappa shape index (κ3) is 3.65. The van der Waals surface area contributed by atoms with Crippen LogP contribution in [0.15, 0.2) is 18.5 Å². The second kappa shape index (κ2) is 6.71. The smallest absolute Gasteiger partial charge is 0.222 e. The van der Waals surface area contributed by atoms with Crippen LogP contribution >= 0.6 is 0 Å². The van der Waals surface area contributed by atoms with Crippen molar-refractivity contribution >= 4 is 5.95 Å². The minimum atomic E-state index is 0.0393. The molecule has 0 aliphatic carbocycles. The van der Waals surface area contributed by atoms with Crippen LogP contribution in [0.2, 0.25) is 0 Å². The Bertz CT molecular complexity index is 509. The maximum Gasteiger partial charge on any atom is 0.222 e. The number of hydrogen-bond donors (Lipinski definition) is 1. The van der Waals surface area contributed by atoms with Gasteiger partial charge in [-0.1, -0.05) is 0 Å². The highest BCUT2D eigenvalue weighted by Gasteiger charge is 2.45. The van der Waals surface area contributed by atoms with Gasteiger partial charge in [0.05, 0.1) is 18.2 Å². The zero-order valence-electron chi connectivity index (χ0n) is 13.6. The van der Waals surface area contributed by atoms with Gasteiger partial charge in [-0.05, 0) is 31.2 Å². The van der Waals surface area contributed by atoms with E-state index in [2.05, 4.69) is 20.2 Å². The quantitative estimate of drug-likeness (QED) is 0.909. The molecule has 4 heterocycles. The minimum absolute atomic E-state index is 0.0393. The molecule has 23 heavy (non-hydrogen) atoms. The molecule has 2 atom stereocenters. The summed E-state index contributed by atoms with van der Waals surface area (Å²) >= 11 is 0. The Morgan fingerprint density at radius 2 is 2.09 bits per heavy atom. The molecule has 1 N–H and O–H groups in total. The van der Waals surface area contributed by atoms with Crippen molar-refractivity contribution in [2.24, 2.45) is 5.92 Å². The first-order valence-corrected chi connectivity index (χ1v) is 8.79. The highest BCUT2D eigenvalue weighted by molar-refractivity contribution is 5.25. The number of ether oxygens (including phenoxy) is 2. The standard InChI is InChI=1S/C17H26N4O2/c1-5-18-16(19-6-1)20-15-10-17(23-12-15)4-7-21(13-17)11-14-2-8-22-9-3-14/h1,5-6,14-15H,2-4,7-13H2,(H,18,19,20). The Balaban J connectivity index is 1.28. The lowest BCUT2D eigenvalue weighted by atomic mass is 9.97. The molecule has 1 spiro atoms. The monoisotopic (exact) mass is 318 g/mol. The highest BCUT2D eigenvalue weighted by Crippen LogP contribution is 2.36. The summed E-state index contributed by atoms with van der Waals surface area (Å²) in [6.45, 7) is 6.05. The van der Waals surface area contributed by atoms with Crippen molar-refractivity contribution in [1.82, 2.24) is 14.9 Å². The second-order valence-corrected chi connectivity index (χ2v) is 7.15. The van der Waals surface area contributed by atoms with Gasteiger partial charge in [0.25, 0.3) is 0 Å². The lowest BCUT2D eigenvalue weighted by molar-refractivity contribution is 0.00796. The van der Waals surface area contributed by atoms with E-state index >= 15 is 0 Å². The maximum atomic E-state index is 6.22. The van der Waals surface area contributed by atoms with E-state index in [1.807, 2.05) is 6.07 Å². The summed E-state index contributed by atoms with van der Waals surface area (Å²) in [6.07, 6.45) is 8.15. The topological polar surface area (TPSA) is 59.5 Å². The van der Waals surface area contributed by atoms with Crippen LogP contribution in [0, 0.1) is 5.92 Å². The molecule has 6 nitrogen and oxygen atoms in total. The number of nitrogens with zero attached hydrogens (tertiary/aromatic N) is 3. The normalized spacial score (nSPS) is 32.6. The molecule has 3 fully saturated rings. The molecule has 1 aromatic rings. The average Bonchev–Trinajstić information content (AvgIpc) is 3.16. The molecule has 3 aliphatic rings. The van der Waals surface area contributed by atoms with Gasteiger partial charge < -0.3 is 19.7 Å². The Kier molecular flexibility index (Phi) is 4.46. The van der Waals surface area contributed by atoms with Gasteiger partial charge in [-0.3, -0.25) is 0 Å². The molecule has 3 aliphatic heterocycles. The number of nitrogens with one attached hydrogen (secondary N) is 1. The van der Waals surface area contributed by atoms with Gasteiger partial charge in [0.15, 0.2) is 0 Å². The zero-order chi connectivity index (χ0) is 15.5. The van der Waals surface area contributed by atoms with Crippen LogP contribution in [0.1, 0.15) is 25.7 Å². The van der Waals surface area contributed by atoms with Crippen molar-refractivity contribution in [2.45, 2.75) is 37.3 Å². The van der Waals surface area contributed by atoms with Crippen LogP contribution in [0.5, 0.6) is 0 Å². The molecule has 0 amide bonds. The predicted molar refractivity (Wildman–Crippen MR) is 87.3 cm³/mol. The van der Waals surface area contributed by atoms with E-state index in [9.17, 15) is 0 Å². The molecule has 126 valence electrons. The van der Waals surface area contributed by atoms with Crippen molar-refractivity contribution in [2.75, 3.05) is 44.8 Å². The van der Waals surface area contributed by atoms with Crippen molar-refractivity contribution in [3.8, 4) is 0 Å². The Morgan fingerprint density at radius 1 is 1.26 bits per heavy atom. The number of aromatic nitrogens is 2. The summed E-state index contributed by atoms with van der Waals surface area (Å²) in [5.41, 5.74) is 0.0393. The lowest BCUT2D eigenvalue weighted by Crippen LogP contribution is -2.36. The molecule has 0 radical (unpaired) electrons. The van der Waals surface area contributed by atoms with Crippen molar-refractivity contribution < 1.29 is 9.47 Å². The van der Waals surface area contributed by atoms with E-state index in [-0.39, 0.29) is 5.60 Å². The van der Waals surface area contributed by atoms with E-state index in [1.54, 1.807) is 12.4 Å². The Hall–Kier alpha value is -1.24. The van der Waals surface area contributed by atoms with E-state index in [4.69, 9.17) is 9.47 Å². The van der Waals surface area contributed by atoms with E-state index in [1.165, 1.54) is 19.4 Å². The number of likely N-dealkylation sites (tertiary alicyclic amines) is 1. The lowest BCUT2D eigenvalue weighted by Gasteiger charge is -2.28. The van der Waals surface area contributed by atoms with Crippen LogP contribution in [0.3, 0.4) is 0 Å². The Morgan fingerprint density at radius 3 is 2.91 bits per heavy atom. The molecule has 2 unspecified atom stereocenters. The molecule has 1 aromatic heterocycles. The van der Waals surface area contributed by atoms with Crippen LogP contribution in [-0.4, -0.2) is 66.0 Å². The number of hydrogen-bond acceptors (Lipinski definition) is 6. The summed E-state index contributed by atoms with van der Waals surface area (Å²) in [4.78, 5) is 11.1. The van der Waals surface area contributed by atoms with E-state index in [0.717, 1.165) is 51.7 Å². The molecule has 0 aromatic carbocycles. The average molecular weight is 318 g/mol. The fraction of sp³-hybridized carbons (Fsp3) is 0.765. The van der Waals surface area contributed by atoms with E-state index in [0.29, 0.717) is 12.0 Å². The van der Waals surface area contributed by atoms with Gasteiger partial charge >= 0.3 is 0 Å². The van der Waals surface area contributed by atoms with Crippen molar-refractivity contribution in [3.05, 3.63) is 18.5 Å². The molecule has 0 bridgehead atoms. The first-order chi connectivity index (χ1) is 11.3. The van der Waals surface area contributed by atoms with Gasteiger partial charge in [-0.25, -0.2) is 9.97 Å². The maximum absolute atomic E-state index is 6.22. The molecular formula is C17H26N4O2.